The molecule has 0 aromatic carbocycles. The van der Waals surface area contributed by atoms with Gasteiger partial charge in [0.05, 0.1) is 14.1 Å². The molecule has 0 saturated heterocycles. The monoisotopic (exact) mass is 382 g/mol. The largest absolute Gasteiger partial charge is 0.632 e. The summed E-state index contributed by atoms with van der Waals surface area (Å²) in [5, 5.41) is 14.8. The number of quaternary nitrogens is 1. The molecule has 0 saturated carbocycles. The number of hydrogen-bond donors (Lipinski definition) is 1. The van der Waals surface area contributed by atoms with Gasteiger partial charge < -0.3 is 15.2 Å². The zero-order valence-corrected chi connectivity index (χ0v) is 18.6. The molecule has 0 aromatic rings. The van der Waals surface area contributed by atoms with Crippen molar-refractivity contribution in [2.75, 3.05) is 14.1 Å². The van der Waals surface area contributed by atoms with E-state index in [9.17, 15) is 10.0 Å². The van der Waals surface area contributed by atoms with Crippen molar-refractivity contribution in [1.82, 2.24) is 5.32 Å². The molecule has 0 radical (unpaired) electrons. The minimum absolute atomic E-state index is 0.0153. The number of unbranched alkanes of at least 4 members (excludes halogenated alkanes) is 11. The number of nitrogens with zero attached hydrogens (tertiary/aromatic N) is 1. The fourth-order valence-electron chi connectivity index (χ4n) is 3.31. The predicted molar refractivity (Wildman–Crippen MR) is 117 cm³/mol. The van der Waals surface area contributed by atoms with Gasteiger partial charge in [0.1, 0.15) is 0 Å². The lowest BCUT2D eigenvalue weighted by atomic mass is 10.1. The Balaban J connectivity index is 3.44. The molecule has 0 aliphatic heterocycles. The summed E-state index contributed by atoms with van der Waals surface area (Å²) in [6, 6.07) is 0. The van der Waals surface area contributed by atoms with Crippen molar-refractivity contribution in [1.29, 1.82) is 0 Å². The summed E-state index contributed by atoms with van der Waals surface area (Å²) in [4.78, 5) is 11.9. The highest BCUT2D eigenvalue weighted by atomic mass is 16.5. The Morgan fingerprint density at radius 1 is 0.852 bits per heavy atom. The van der Waals surface area contributed by atoms with Gasteiger partial charge in [-0.2, -0.15) is 0 Å². The number of carbonyl (C=O) groups excluding carboxylic acids is 1. The van der Waals surface area contributed by atoms with Crippen LogP contribution in [0.4, 0.5) is 0 Å². The van der Waals surface area contributed by atoms with Crippen LogP contribution in [-0.4, -0.2) is 30.8 Å². The zero-order valence-electron chi connectivity index (χ0n) is 18.6. The maximum atomic E-state index is 11.9. The average molecular weight is 383 g/mol. The Bertz CT molecular complexity index is 375. The number of allylic oxidation sites excluding steroid dienone is 2. The topological polar surface area (TPSA) is 52.2 Å². The lowest BCUT2D eigenvalue weighted by Gasteiger charge is -2.41. The zero-order chi connectivity index (χ0) is 20.4. The van der Waals surface area contributed by atoms with Gasteiger partial charge in [0.2, 0.25) is 5.91 Å². The molecule has 1 atom stereocenters. The van der Waals surface area contributed by atoms with Gasteiger partial charge in [0.25, 0.3) is 0 Å². The minimum Gasteiger partial charge on any atom is -0.632 e. The van der Waals surface area contributed by atoms with Crippen LogP contribution in [0.25, 0.3) is 0 Å². The highest BCUT2D eigenvalue weighted by Crippen LogP contribution is 2.11. The molecule has 0 aromatic heterocycles. The van der Waals surface area contributed by atoms with Gasteiger partial charge in [-0.05, 0) is 32.1 Å². The van der Waals surface area contributed by atoms with Crippen molar-refractivity contribution in [2.24, 2.45) is 0 Å². The summed E-state index contributed by atoms with van der Waals surface area (Å²) < 4.78 is -0.464. The maximum absolute atomic E-state index is 11.9. The lowest BCUT2D eigenvalue weighted by Crippen LogP contribution is -2.53. The Kier molecular flexibility index (Phi) is 16.7. The quantitative estimate of drug-likeness (QED) is 0.0973. The number of hydrogen-bond acceptors (Lipinski definition) is 2. The SMILES string of the molecule is CCCCCCCCC=CCCCCCCCC(=O)NC(CC)[N+](C)(C)[O-]. The molecule has 160 valence electrons. The Hall–Kier alpha value is -0.870. The standard InChI is InChI=1S/C23H46N2O2/c1-5-7-8-9-10-11-12-13-14-15-16-17-18-19-20-21-23(26)24-22(6-2)25(3,4)27/h13-14,22H,5-12,15-21H2,1-4H3,(H,24,26). The second kappa shape index (κ2) is 17.2. The molecular weight excluding hydrogens is 336 g/mol. The van der Waals surface area contributed by atoms with Gasteiger partial charge in [-0.1, -0.05) is 77.4 Å². The van der Waals surface area contributed by atoms with Crippen molar-refractivity contribution in [3.63, 3.8) is 0 Å². The molecule has 0 bridgehead atoms. The third kappa shape index (κ3) is 17.0. The summed E-state index contributed by atoms with van der Waals surface area (Å²) in [6.07, 6.45) is 21.9. The van der Waals surface area contributed by atoms with Crippen LogP contribution >= 0.6 is 0 Å². The van der Waals surface area contributed by atoms with Crippen LogP contribution in [0.3, 0.4) is 0 Å². The number of carbonyl (C=O) groups is 1. The fraction of sp³-hybridized carbons (Fsp3) is 0.870. The van der Waals surface area contributed by atoms with Crippen molar-refractivity contribution in [2.45, 2.75) is 116 Å². The van der Waals surface area contributed by atoms with Crippen LogP contribution in [0, 0.1) is 5.21 Å². The summed E-state index contributed by atoms with van der Waals surface area (Å²) in [5.41, 5.74) is 0. The molecule has 1 N–H and O–H groups in total. The molecular formula is C23H46N2O2. The first-order chi connectivity index (χ1) is 12.9. The smallest absolute Gasteiger partial charge is 0.224 e. The summed E-state index contributed by atoms with van der Waals surface area (Å²) >= 11 is 0. The van der Waals surface area contributed by atoms with E-state index in [1.807, 2.05) is 6.92 Å². The highest BCUT2D eigenvalue weighted by molar-refractivity contribution is 5.75. The van der Waals surface area contributed by atoms with Gasteiger partial charge in [0, 0.05) is 12.8 Å². The normalized spacial score (nSPS) is 13.2. The molecule has 0 fully saturated rings. The predicted octanol–water partition coefficient (Wildman–Crippen LogP) is 6.45. The number of amides is 1. The number of rotatable bonds is 18. The molecule has 4 heteroatoms. The first kappa shape index (κ1) is 26.1. The van der Waals surface area contributed by atoms with Crippen LogP contribution in [0.2, 0.25) is 0 Å². The van der Waals surface area contributed by atoms with E-state index in [2.05, 4.69) is 24.4 Å². The molecule has 0 heterocycles. The first-order valence-corrected chi connectivity index (χ1v) is 11.4. The summed E-state index contributed by atoms with van der Waals surface area (Å²) in [6.45, 7) is 4.20. The van der Waals surface area contributed by atoms with Gasteiger partial charge in [-0.15, -0.1) is 0 Å². The fourth-order valence-corrected chi connectivity index (χ4v) is 3.31. The van der Waals surface area contributed by atoms with E-state index in [0.717, 1.165) is 12.8 Å². The Labute approximate surface area is 169 Å². The summed E-state index contributed by atoms with van der Waals surface area (Å²) in [7, 11) is 3.16. The van der Waals surface area contributed by atoms with E-state index in [1.54, 1.807) is 14.1 Å². The summed E-state index contributed by atoms with van der Waals surface area (Å²) in [5.74, 6) is 0.0153. The molecule has 0 spiro atoms. The minimum atomic E-state index is -0.464. The van der Waals surface area contributed by atoms with Crippen molar-refractivity contribution >= 4 is 5.91 Å². The maximum Gasteiger partial charge on any atom is 0.224 e. The van der Waals surface area contributed by atoms with Crippen LogP contribution in [0.5, 0.6) is 0 Å². The lowest BCUT2D eigenvalue weighted by molar-refractivity contribution is -0.869. The molecule has 1 unspecified atom stereocenters. The van der Waals surface area contributed by atoms with Crippen LogP contribution in [0.15, 0.2) is 12.2 Å². The van der Waals surface area contributed by atoms with E-state index >= 15 is 0 Å². The molecule has 27 heavy (non-hydrogen) atoms. The first-order valence-electron chi connectivity index (χ1n) is 11.4. The molecule has 4 nitrogen and oxygen atoms in total. The van der Waals surface area contributed by atoms with Crippen molar-refractivity contribution in [3.8, 4) is 0 Å². The number of hydroxylamine groups is 3. The second-order valence-electron chi connectivity index (χ2n) is 8.26. The van der Waals surface area contributed by atoms with E-state index in [1.165, 1.54) is 70.6 Å². The van der Waals surface area contributed by atoms with E-state index in [0.29, 0.717) is 12.8 Å². The van der Waals surface area contributed by atoms with Crippen LogP contribution in [-0.2, 0) is 4.79 Å². The average Bonchev–Trinajstić information content (AvgIpc) is 2.62. The molecule has 1 amide bonds. The van der Waals surface area contributed by atoms with E-state index < -0.39 is 4.65 Å². The highest BCUT2D eigenvalue weighted by Gasteiger charge is 2.19. The molecule has 0 aliphatic carbocycles. The Morgan fingerprint density at radius 2 is 1.33 bits per heavy atom. The van der Waals surface area contributed by atoms with E-state index in [-0.39, 0.29) is 12.1 Å². The molecule has 0 rings (SSSR count). The Morgan fingerprint density at radius 3 is 1.81 bits per heavy atom. The second-order valence-corrected chi connectivity index (χ2v) is 8.26. The van der Waals surface area contributed by atoms with E-state index in [4.69, 9.17) is 0 Å². The van der Waals surface area contributed by atoms with Crippen molar-refractivity contribution < 1.29 is 9.44 Å². The van der Waals surface area contributed by atoms with Gasteiger partial charge in [-0.25, -0.2) is 0 Å². The van der Waals surface area contributed by atoms with Gasteiger partial charge in [0.15, 0.2) is 6.17 Å². The molecule has 0 aliphatic rings. The third-order valence-electron chi connectivity index (χ3n) is 5.13. The van der Waals surface area contributed by atoms with Gasteiger partial charge in [-0.3, -0.25) is 4.79 Å². The third-order valence-corrected chi connectivity index (χ3v) is 5.13. The number of nitrogens with one attached hydrogen (secondary N) is 1. The van der Waals surface area contributed by atoms with Crippen molar-refractivity contribution in [3.05, 3.63) is 17.4 Å². The van der Waals surface area contributed by atoms with Crippen LogP contribution in [0.1, 0.15) is 110 Å². The van der Waals surface area contributed by atoms with Gasteiger partial charge >= 0.3 is 0 Å². The van der Waals surface area contributed by atoms with Crippen LogP contribution < -0.4 is 5.32 Å².